The Bertz CT molecular complexity index is 277. The summed E-state index contributed by atoms with van der Waals surface area (Å²) in [4.78, 5) is 13.9. The molecule has 0 aromatic carbocycles. The molecule has 0 amide bonds. The predicted molar refractivity (Wildman–Crippen MR) is 66.8 cm³/mol. The van der Waals surface area contributed by atoms with Crippen LogP contribution in [0.15, 0.2) is 0 Å². The van der Waals surface area contributed by atoms with Crippen molar-refractivity contribution in [2.24, 2.45) is 11.7 Å². The second kappa shape index (κ2) is 4.94. The van der Waals surface area contributed by atoms with Gasteiger partial charge >= 0.3 is 5.97 Å². The summed E-state index contributed by atoms with van der Waals surface area (Å²) in [5.74, 6) is 0.0504. The smallest absolute Gasteiger partial charge is 0.324 e. The summed E-state index contributed by atoms with van der Waals surface area (Å²) in [6.45, 7) is 3.92. The third-order valence-corrected chi connectivity index (χ3v) is 4.64. The van der Waals surface area contributed by atoms with E-state index in [-0.39, 0.29) is 6.04 Å². The first-order valence-corrected chi connectivity index (χ1v) is 6.78. The Kier molecular flexibility index (Phi) is 3.73. The van der Waals surface area contributed by atoms with Crippen LogP contribution in [0.25, 0.3) is 0 Å². The minimum absolute atomic E-state index is 0.264. The number of nitrogens with two attached hydrogens (primary N) is 1. The van der Waals surface area contributed by atoms with E-state index in [1.54, 1.807) is 0 Å². The van der Waals surface area contributed by atoms with Crippen LogP contribution < -0.4 is 5.73 Å². The van der Waals surface area contributed by atoms with Gasteiger partial charge in [0.15, 0.2) is 0 Å². The molecule has 1 heterocycles. The van der Waals surface area contributed by atoms with Crippen molar-refractivity contribution in [2.75, 3.05) is 13.1 Å². The Labute approximate surface area is 103 Å². The van der Waals surface area contributed by atoms with E-state index >= 15 is 0 Å². The van der Waals surface area contributed by atoms with E-state index in [0.29, 0.717) is 5.92 Å². The molecule has 0 aromatic heterocycles. The topological polar surface area (TPSA) is 66.6 Å². The van der Waals surface area contributed by atoms with E-state index in [2.05, 4.69) is 11.8 Å². The maximum atomic E-state index is 11.7. The van der Waals surface area contributed by atoms with Crippen molar-refractivity contribution < 1.29 is 9.90 Å². The normalized spacial score (nSPS) is 36.9. The van der Waals surface area contributed by atoms with Crippen molar-refractivity contribution in [1.82, 2.24) is 4.90 Å². The lowest BCUT2D eigenvalue weighted by Crippen LogP contribution is -2.59. The van der Waals surface area contributed by atoms with Crippen LogP contribution >= 0.6 is 0 Å². The van der Waals surface area contributed by atoms with Gasteiger partial charge in [0.05, 0.1) is 0 Å². The van der Waals surface area contributed by atoms with Crippen LogP contribution in [0.5, 0.6) is 0 Å². The molecule has 1 saturated heterocycles. The van der Waals surface area contributed by atoms with Crippen LogP contribution in [0, 0.1) is 5.92 Å². The molecule has 0 aromatic rings. The molecule has 0 bridgehead atoms. The molecule has 1 saturated carbocycles. The van der Waals surface area contributed by atoms with Gasteiger partial charge in [-0.2, -0.15) is 0 Å². The maximum absolute atomic E-state index is 11.7. The summed E-state index contributed by atoms with van der Waals surface area (Å²) in [7, 11) is 0. The number of carbonyl (C=O) groups is 1. The SMILES string of the molecule is CC1CCC(C(=O)O)(N2CCC(N)CC2)CC1. The van der Waals surface area contributed by atoms with Gasteiger partial charge in [-0.3, -0.25) is 9.69 Å². The van der Waals surface area contributed by atoms with Crippen molar-refractivity contribution in [3.63, 3.8) is 0 Å². The number of carboxylic acid groups (broad SMARTS) is 1. The van der Waals surface area contributed by atoms with Crippen LogP contribution in [-0.4, -0.2) is 40.6 Å². The molecule has 3 N–H and O–H groups in total. The quantitative estimate of drug-likeness (QED) is 0.766. The third kappa shape index (κ3) is 2.47. The zero-order valence-electron chi connectivity index (χ0n) is 10.7. The van der Waals surface area contributed by atoms with Gasteiger partial charge in [-0.15, -0.1) is 0 Å². The van der Waals surface area contributed by atoms with Crippen molar-refractivity contribution in [3.05, 3.63) is 0 Å². The van der Waals surface area contributed by atoms with Crippen LogP contribution in [0.1, 0.15) is 45.4 Å². The fourth-order valence-electron chi connectivity index (χ4n) is 3.23. The molecule has 2 aliphatic rings. The van der Waals surface area contributed by atoms with E-state index in [1.165, 1.54) is 0 Å². The Morgan fingerprint density at radius 2 is 1.76 bits per heavy atom. The van der Waals surface area contributed by atoms with Gasteiger partial charge in [0, 0.05) is 19.1 Å². The van der Waals surface area contributed by atoms with E-state index in [1.807, 2.05) is 0 Å². The largest absolute Gasteiger partial charge is 0.480 e. The molecule has 2 rings (SSSR count). The number of hydrogen-bond donors (Lipinski definition) is 2. The lowest BCUT2D eigenvalue weighted by Gasteiger charge is -2.47. The lowest BCUT2D eigenvalue weighted by molar-refractivity contribution is -0.156. The monoisotopic (exact) mass is 240 g/mol. The highest BCUT2D eigenvalue weighted by Crippen LogP contribution is 2.38. The summed E-state index contributed by atoms with van der Waals surface area (Å²) in [6, 6.07) is 0.264. The fourth-order valence-corrected chi connectivity index (χ4v) is 3.23. The maximum Gasteiger partial charge on any atom is 0.324 e. The standard InChI is InChI=1S/C13H24N2O2/c1-10-2-6-13(7-3-10,12(16)17)15-8-4-11(14)5-9-15/h10-11H,2-9,14H2,1H3,(H,16,17). The predicted octanol–water partition coefficient (Wildman–Crippen LogP) is 1.44. The number of nitrogens with zero attached hydrogens (tertiary/aromatic N) is 1. The van der Waals surface area contributed by atoms with Gasteiger partial charge in [0.1, 0.15) is 5.54 Å². The summed E-state index contributed by atoms with van der Waals surface area (Å²) in [5, 5.41) is 9.62. The molecule has 4 heteroatoms. The van der Waals surface area contributed by atoms with Crippen molar-refractivity contribution in [1.29, 1.82) is 0 Å². The molecule has 17 heavy (non-hydrogen) atoms. The zero-order chi connectivity index (χ0) is 12.5. The second-order valence-electron chi connectivity index (χ2n) is 5.84. The minimum atomic E-state index is -0.625. The molecule has 0 unspecified atom stereocenters. The number of likely N-dealkylation sites (tertiary alicyclic amines) is 1. The van der Waals surface area contributed by atoms with Crippen LogP contribution in [0.3, 0.4) is 0 Å². The molecule has 0 spiro atoms. The summed E-state index contributed by atoms with van der Waals surface area (Å²) < 4.78 is 0. The van der Waals surface area contributed by atoms with Crippen LogP contribution in [0.2, 0.25) is 0 Å². The lowest BCUT2D eigenvalue weighted by atomic mass is 9.75. The number of hydrogen-bond acceptors (Lipinski definition) is 3. The number of aliphatic carboxylic acids is 1. The van der Waals surface area contributed by atoms with E-state index in [9.17, 15) is 9.90 Å². The third-order valence-electron chi connectivity index (χ3n) is 4.64. The van der Waals surface area contributed by atoms with E-state index < -0.39 is 11.5 Å². The Hall–Kier alpha value is -0.610. The molecule has 4 nitrogen and oxygen atoms in total. The van der Waals surface area contributed by atoms with Crippen LogP contribution in [0.4, 0.5) is 0 Å². The van der Waals surface area contributed by atoms with Gasteiger partial charge in [-0.25, -0.2) is 0 Å². The second-order valence-corrected chi connectivity index (χ2v) is 5.84. The first kappa shape index (κ1) is 12.8. The average molecular weight is 240 g/mol. The number of piperidine rings is 1. The molecular formula is C13H24N2O2. The highest BCUT2D eigenvalue weighted by atomic mass is 16.4. The van der Waals surface area contributed by atoms with Gasteiger partial charge in [0.2, 0.25) is 0 Å². The Morgan fingerprint density at radius 3 is 2.24 bits per heavy atom. The van der Waals surface area contributed by atoms with E-state index in [4.69, 9.17) is 5.73 Å². The number of carboxylic acids is 1. The van der Waals surface area contributed by atoms with Gasteiger partial charge in [-0.05, 0) is 44.4 Å². The van der Waals surface area contributed by atoms with Crippen molar-refractivity contribution in [3.8, 4) is 0 Å². The van der Waals surface area contributed by atoms with Gasteiger partial charge < -0.3 is 10.8 Å². The summed E-state index contributed by atoms with van der Waals surface area (Å²) >= 11 is 0. The summed E-state index contributed by atoms with van der Waals surface area (Å²) in [6.07, 6.45) is 5.55. The molecule has 0 radical (unpaired) electrons. The van der Waals surface area contributed by atoms with Gasteiger partial charge in [-0.1, -0.05) is 6.92 Å². The van der Waals surface area contributed by atoms with Gasteiger partial charge in [0.25, 0.3) is 0 Å². The van der Waals surface area contributed by atoms with Crippen LogP contribution in [-0.2, 0) is 4.79 Å². The zero-order valence-corrected chi connectivity index (χ0v) is 10.7. The van der Waals surface area contributed by atoms with Crippen molar-refractivity contribution in [2.45, 2.75) is 57.0 Å². The highest BCUT2D eigenvalue weighted by Gasteiger charge is 2.46. The summed E-state index contributed by atoms with van der Waals surface area (Å²) in [5.41, 5.74) is 5.30. The number of rotatable bonds is 2. The van der Waals surface area contributed by atoms with E-state index in [0.717, 1.165) is 51.6 Å². The Morgan fingerprint density at radius 1 is 1.24 bits per heavy atom. The first-order valence-electron chi connectivity index (χ1n) is 6.78. The molecular weight excluding hydrogens is 216 g/mol. The molecule has 1 aliphatic carbocycles. The molecule has 0 atom stereocenters. The first-order chi connectivity index (χ1) is 8.04. The molecule has 98 valence electrons. The fraction of sp³-hybridized carbons (Fsp3) is 0.923. The molecule has 2 fully saturated rings. The highest BCUT2D eigenvalue weighted by molar-refractivity contribution is 5.79. The average Bonchev–Trinajstić information content (AvgIpc) is 2.31. The minimum Gasteiger partial charge on any atom is -0.480 e. The Balaban J connectivity index is 2.09. The van der Waals surface area contributed by atoms with Crippen molar-refractivity contribution >= 4 is 5.97 Å². The molecule has 1 aliphatic heterocycles.